The summed E-state index contributed by atoms with van der Waals surface area (Å²) in [5.41, 5.74) is 1.29. The molecule has 3 aromatic rings. The molecule has 1 N–H and O–H groups in total. The Balaban J connectivity index is 2.07. The van der Waals surface area contributed by atoms with E-state index in [2.05, 4.69) is 9.97 Å². The van der Waals surface area contributed by atoms with Gasteiger partial charge in [0.05, 0.1) is 11.9 Å². The number of aromatic nitrogens is 3. The Kier molecular flexibility index (Phi) is 2.53. The maximum Gasteiger partial charge on any atom is 0.147 e. The van der Waals surface area contributed by atoms with E-state index in [1.165, 1.54) is 12.3 Å². The van der Waals surface area contributed by atoms with Crippen molar-refractivity contribution in [3.05, 3.63) is 66.1 Å². The molecule has 1 atom stereocenters. The van der Waals surface area contributed by atoms with E-state index in [0.717, 1.165) is 6.20 Å². The fourth-order valence-corrected chi connectivity index (χ4v) is 1.85. The largest absolute Gasteiger partial charge is 0.382 e. The summed E-state index contributed by atoms with van der Waals surface area (Å²) in [5, 5.41) is 10.1. The third-order valence-corrected chi connectivity index (χ3v) is 2.76. The summed E-state index contributed by atoms with van der Waals surface area (Å²) >= 11 is 0. The first-order valence-electron chi connectivity index (χ1n) is 5.47. The number of halogens is 1. The van der Waals surface area contributed by atoms with Crippen molar-refractivity contribution in [2.75, 3.05) is 0 Å². The number of fused-ring (bicyclic) bond motifs is 1. The Morgan fingerprint density at radius 1 is 1.28 bits per heavy atom. The van der Waals surface area contributed by atoms with E-state index in [1.54, 1.807) is 10.6 Å². The predicted molar refractivity (Wildman–Crippen MR) is 63.4 cm³/mol. The Morgan fingerprint density at radius 3 is 2.94 bits per heavy atom. The molecule has 0 saturated heterocycles. The number of aliphatic hydroxyl groups excluding tert-OH is 1. The molecule has 3 rings (SSSR count). The first-order chi connectivity index (χ1) is 8.75. The van der Waals surface area contributed by atoms with E-state index >= 15 is 0 Å². The SMILES string of the molecule is OC(c1cn2ccccc2n1)c1ccncc1F. The second-order valence-corrected chi connectivity index (χ2v) is 3.93. The molecular weight excluding hydrogens is 233 g/mol. The van der Waals surface area contributed by atoms with Gasteiger partial charge in [-0.15, -0.1) is 0 Å². The Bertz CT molecular complexity index is 662. The first kappa shape index (κ1) is 10.9. The van der Waals surface area contributed by atoms with Gasteiger partial charge in [0.15, 0.2) is 0 Å². The lowest BCUT2D eigenvalue weighted by Gasteiger charge is -2.08. The van der Waals surface area contributed by atoms with Gasteiger partial charge in [0.25, 0.3) is 0 Å². The van der Waals surface area contributed by atoms with Crippen LogP contribution in [0, 0.1) is 5.82 Å². The minimum absolute atomic E-state index is 0.174. The Morgan fingerprint density at radius 2 is 2.17 bits per heavy atom. The summed E-state index contributed by atoms with van der Waals surface area (Å²) < 4.78 is 15.3. The van der Waals surface area contributed by atoms with Crippen LogP contribution in [0.1, 0.15) is 17.4 Å². The lowest BCUT2D eigenvalue weighted by Crippen LogP contribution is -2.03. The fourth-order valence-electron chi connectivity index (χ4n) is 1.85. The number of nitrogens with zero attached hydrogens (tertiary/aromatic N) is 3. The highest BCUT2D eigenvalue weighted by molar-refractivity contribution is 5.41. The van der Waals surface area contributed by atoms with Crippen molar-refractivity contribution in [3.8, 4) is 0 Å². The molecule has 1 unspecified atom stereocenters. The normalized spacial score (nSPS) is 12.8. The van der Waals surface area contributed by atoms with E-state index in [4.69, 9.17) is 0 Å². The van der Waals surface area contributed by atoms with Crippen LogP contribution in [0.4, 0.5) is 4.39 Å². The zero-order valence-electron chi connectivity index (χ0n) is 9.36. The summed E-state index contributed by atoms with van der Waals surface area (Å²) in [7, 11) is 0. The van der Waals surface area contributed by atoms with E-state index in [1.807, 2.05) is 24.4 Å². The smallest absolute Gasteiger partial charge is 0.147 e. The molecule has 0 saturated carbocycles. The lowest BCUT2D eigenvalue weighted by molar-refractivity contribution is 0.210. The van der Waals surface area contributed by atoms with Gasteiger partial charge in [0.1, 0.15) is 17.6 Å². The van der Waals surface area contributed by atoms with Gasteiger partial charge >= 0.3 is 0 Å². The van der Waals surface area contributed by atoms with Crippen LogP contribution in [0.25, 0.3) is 5.65 Å². The van der Waals surface area contributed by atoms with Crippen molar-refractivity contribution >= 4 is 5.65 Å². The number of hydrogen-bond donors (Lipinski definition) is 1. The van der Waals surface area contributed by atoms with Crippen molar-refractivity contribution in [2.45, 2.75) is 6.10 Å². The first-order valence-corrected chi connectivity index (χ1v) is 5.47. The van der Waals surface area contributed by atoms with Gasteiger partial charge in [-0.3, -0.25) is 4.98 Å². The molecule has 3 aromatic heterocycles. The van der Waals surface area contributed by atoms with E-state index < -0.39 is 11.9 Å². The highest BCUT2D eigenvalue weighted by Crippen LogP contribution is 2.23. The molecule has 0 spiro atoms. The monoisotopic (exact) mass is 243 g/mol. The highest BCUT2D eigenvalue weighted by Gasteiger charge is 2.17. The van der Waals surface area contributed by atoms with E-state index in [-0.39, 0.29) is 5.56 Å². The molecule has 5 heteroatoms. The van der Waals surface area contributed by atoms with E-state index in [0.29, 0.717) is 11.3 Å². The summed E-state index contributed by atoms with van der Waals surface area (Å²) in [6.45, 7) is 0. The summed E-state index contributed by atoms with van der Waals surface area (Å²) in [4.78, 5) is 7.91. The molecule has 0 aromatic carbocycles. The maximum absolute atomic E-state index is 13.5. The topological polar surface area (TPSA) is 50.4 Å². The molecule has 3 heterocycles. The standard InChI is InChI=1S/C13H10FN3O/c14-10-7-15-5-4-9(10)13(18)11-8-17-6-2-1-3-12(17)16-11/h1-8,13,18H. The van der Waals surface area contributed by atoms with Crippen LogP contribution in [0.2, 0.25) is 0 Å². The van der Waals surface area contributed by atoms with Crippen molar-refractivity contribution in [1.82, 2.24) is 14.4 Å². The van der Waals surface area contributed by atoms with Crippen LogP contribution in [-0.4, -0.2) is 19.5 Å². The quantitative estimate of drug-likeness (QED) is 0.748. The molecule has 4 nitrogen and oxygen atoms in total. The number of rotatable bonds is 2. The van der Waals surface area contributed by atoms with Crippen molar-refractivity contribution < 1.29 is 9.50 Å². The molecule has 0 aliphatic rings. The third kappa shape index (κ3) is 1.74. The van der Waals surface area contributed by atoms with Gasteiger partial charge in [-0.1, -0.05) is 6.07 Å². The number of hydrogen-bond acceptors (Lipinski definition) is 3. The van der Waals surface area contributed by atoms with Crippen LogP contribution in [0.3, 0.4) is 0 Å². The minimum Gasteiger partial charge on any atom is -0.382 e. The van der Waals surface area contributed by atoms with Gasteiger partial charge in [-0.2, -0.15) is 0 Å². The molecule has 0 amide bonds. The van der Waals surface area contributed by atoms with Gasteiger partial charge in [-0.05, 0) is 18.2 Å². The van der Waals surface area contributed by atoms with Crippen molar-refractivity contribution in [3.63, 3.8) is 0 Å². The molecule has 90 valence electrons. The molecule has 0 bridgehead atoms. The Hall–Kier alpha value is -2.27. The molecule has 18 heavy (non-hydrogen) atoms. The maximum atomic E-state index is 13.5. The Labute approximate surface area is 102 Å². The van der Waals surface area contributed by atoms with Gasteiger partial charge in [0.2, 0.25) is 0 Å². The molecule has 0 fully saturated rings. The van der Waals surface area contributed by atoms with Crippen LogP contribution >= 0.6 is 0 Å². The van der Waals surface area contributed by atoms with Crippen molar-refractivity contribution in [1.29, 1.82) is 0 Å². The number of aliphatic hydroxyl groups is 1. The van der Waals surface area contributed by atoms with Crippen molar-refractivity contribution in [2.24, 2.45) is 0 Å². The zero-order chi connectivity index (χ0) is 12.5. The summed E-state index contributed by atoms with van der Waals surface area (Å²) in [6, 6.07) is 6.98. The highest BCUT2D eigenvalue weighted by atomic mass is 19.1. The van der Waals surface area contributed by atoms with Gasteiger partial charge in [0, 0.05) is 24.2 Å². The summed E-state index contributed by atoms with van der Waals surface area (Å²) in [5.74, 6) is -0.540. The fraction of sp³-hybridized carbons (Fsp3) is 0.0769. The van der Waals surface area contributed by atoms with Crippen LogP contribution in [-0.2, 0) is 0 Å². The van der Waals surface area contributed by atoms with Gasteiger partial charge in [-0.25, -0.2) is 9.37 Å². The number of imidazole rings is 1. The summed E-state index contributed by atoms with van der Waals surface area (Å²) in [6.07, 6.45) is 4.93. The minimum atomic E-state index is -1.09. The average molecular weight is 243 g/mol. The zero-order valence-corrected chi connectivity index (χ0v) is 9.36. The van der Waals surface area contributed by atoms with E-state index in [9.17, 15) is 9.50 Å². The second kappa shape index (κ2) is 4.19. The predicted octanol–water partition coefficient (Wildman–Crippen LogP) is 1.95. The molecule has 0 radical (unpaired) electrons. The molecular formula is C13H10FN3O. The average Bonchev–Trinajstić information content (AvgIpc) is 2.82. The molecule has 0 aliphatic heterocycles. The third-order valence-electron chi connectivity index (χ3n) is 2.76. The van der Waals surface area contributed by atoms with Crippen LogP contribution < -0.4 is 0 Å². The van der Waals surface area contributed by atoms with Crippen LogP contribution in [0.15, 0.2) is 49.1 Å². The number of pyridine rings is 2. The van der Waals surface area contributed by atoms with Gasteiger partial charge < -0.3 is 9.51 Å². The second-order valence-electron chi connectivity index (χ2n) is 3.93. The van der Waals surface area contributed by atoms with Crippen LogP contribution in [0.5, 0.6) is 0 Å². The lowest BCUT2D eigenvalue weighted by atomic mass is 10.1. The molecule has 0 aliphatic carbocycles.